The first-order valence-electron chi connectivity index (χ1n) is 5.85. The van der Waals surface area contributed by atoms with Crippen molar-refractivity contribution in [2.24, 2.45) is 0 Å². The van der Waals surface area contributed by atoms with E-state index >= 15 is 0 Å². The molecule has 0 amide bonds. The predicted molar refractivity (Wildman–Crippen MR) is 72.9 cm³/mol. The van der Waals surface area contributed by atoms with Crippen LogP contribution in [0.3, 0.4) is 0 Å². The van der Waals surface area contributed by atoms with Crippen LogP contribution < -0.4 is 15.2 Å². The Balaban J connectivity index is 2.10. The Hall–Kier alpha value is -2.16. The molecular formula is C15H17NO2. The maximum absolute atomic E-state index is 5.86. The molecular weight excluding hydrogens is 226 g/mol. The molecule has 2 N–H and O–H groups in total. The summed E-state index contributed by atoms with van der Waals surface area (Å²) >= 11 is 0. The van der Waals surface area contributed by atoms with E-state index < -0.39 is 0 Å². The normalized spacial score (nSPS) is 11.9. The Morgan fingerprint density at radius 3 is 2.33 bits per heavy atom. The van der Waals surface area contributed by atoms with E-state index in [1.807, 2.05) is 55.5 Å². The molecule has 2 aromatic carbocycles. The molecule has 1 atom stereocenters. The maximum atomic E-state index is 5.86. The summed E-state index contributed by atoms with van der Waals surface area (Å²) in [5, 5.41) is 0. The van der Waals surface area contributed by atoms with Crippen molar-refractivity contribution in [3.8, 4) is 11.5 Å². The van der Waals surface area contributed by atoms with Crippen LogP contribution in [0.5, 0.6) is 11.5 Å². The first kappa shape index (κ1) is 12.3. The van der Waals surface area contributed by atoms with E-state index in [9.17, 15) is 0 Å². The van der Waals surface area contributed by atoms with E-state index in [1.165, 1.54) is 0 Å². The van der Waals surface area contributed by atoms with Crippen molar-refractivity contribution in [2.45, 2.75) is 13.0 Å². The number of hydrogen-bond donors (Lipinski definition) is 1. The molecule has 0 saturated heterocycles. The van der Waals surface area contributed by atoms with Crippen LogP contribution in [0.15, 0.2) is 48.5 Å². The number of anilines is 1. The lowest BCUT2D eigenvalue weighted by molar-refractivity contribution is 0.226. The van der Waals surface area contributed by atoms with E-state index in [0.717, 1.165) is 22.7 Å². The standard InChI is InChI=1S/C15H17NO2/c1-11(12-6-8-13(16)9-7-12)18-15-5-3-4-14(10-15)17-2/h3-11H,16H2,1-2H3. The molecule has 3 heteroatoms. The van der Waals surface area contributed by atoms with Gasteiger partial charge in [0.25, 0.3) is 0 Å². The number of rotatable bonds is 4. The van der Waals surface area contributed by atoms with Gasteiger partial charge in [0.15, 0.2) is 0 Å². The van der Waals surface area contributed by atoms with Gasteiger partial charge in [-0.25, -0.2) is 0 Å². The van der Waals surface area contributed by atoms with Gasteiger partial charge in [-0.15, -0.1) is 0 Å². The zero-order valence-corrected chi connectivity index (χ0v) is 10.6. The molecule has 1 unspecified atom stereocenters. The molecule has 0 aromatic heterocycles. The summed E-state index contributed by atoms with van der Waals surface area (Å²) < 4.78 is 11.0. The topological polar surface area (TPSA) is 44.5 Å². The highest BCUT2D eigenvalue weighted by Gasteiger charge is 2.07. The molecule has 0 saturated carbocycles. The summed E-state index contributed by atoms with van der Waals surface area (Å²) in [6.45, 7) is 2.00. The zero-order chi connectivity index (χ0) is 13.0. The van der Waals surface area contributed by atoms with Crippen molar-refractivity contribution < 1.29 is 9.47 Å². The lowest BCUT2D eigenvalue weighted by Crippen LogP contribution is -2.03. The Labute approximate surface area is 107 Å². The third kappa shape index (κ3) is 2.94. The Bertz CT molecular complexity index is 508. The Morgan fingerprint density at radius 2 is 1.67 bits per heavy atom. The highest BCUT2D eigenvalue weighted by Crippen LogP contribution is 2.25. The molecule has 2 aromatic rings. The van der Waals surface area contributed by atoms with Gasteiger partial charge < -0.3 is 15.2 Å². The molecule has 0 aliphatic carbocycles. The third-order valence-electron chi connectivity index (χ3n) is 2.76. The predicted octanol–water partition coefficient (Wildman–Crippen LogP) is 3.42. The first-order valence-corrected chi connectivity index (χ1v) is 5.85. The summed E-state index contributed by atoms with van der Waals surface area (Å²) in [4.78, 5) is 0. The van der Waals surface area contributed by atoms with E-state index in [4.69, 9.17) is 15.2 Å². The summed E-state index contributed by atoms with van der Waals surface area (Å²) in [7, 11) is 1.64. The number of nitrogens with two attached hydrogens (primary N) is 1. The van der Waals surface area contributed by atoms with Crippen molar-refractivity contribution in [3.05, 3.63) is 54.1 Å². The molecule has 2 rings (SSSR count). The highest BCUT2D eigenvalue weighted by atomic mass is 16.5. The molecule has 0 aliphatic rings. The fraction of sp³-hybridized carbons (Fsp3) is 0.200. The molecule has 0 aliphatic heterocycles. The maximum Gasteiger partial charge on any atom is 0.123 e. The third-order valence-corrected chi connectivity index (χ3v) is 2.76. The minimum Gasteiger partial charge on any atom is -0.497 e. The van der Waals surface area contributed by atoms with Crippen LogP contribution >= 0.6 is 0 Å². The van der Waals surface area contributed by atoms with Crippen molar-refractivity contribution in [3.63, 3.8) is 0 Å². The number of ether oxygens (including phenoxy) is 2. The Kier molecular flexibility index (Phi) is 3.72. The number of methoxy groups -OCH3 is 1. The minimum atomic E-state index is -0.0299. The monoisotopic (exact) mass is 243 g/mol. The van der Waals surface area contributed by atoms with Gasteiger partial charge in [-0.3, -0.25) is 0 Å². The van der Waals surface area contributed by atoms with Gasteiger partial charge in [0.2, 0.25) is 0 Å². The molecule has 0 spiro atoms. The fourth-order valence-corrected chi connectivity index (χ4v) is 1.71. The van der Waals surface area contributed by atoms with Crippen LogP contribution in [0.25, 0.3) is 0 Å². The van der Waals surface area contributed by atoms with Crippen LogP contribution in [-0.2, 0) is 0 Å². The van der Waals surface area contributed by atoms with Gasteiger partial charge in [0.1, 0.15) is 17.6 Å². The largest absolute Gasteiger partial charge is 0.497 e. The van der Waals surface area contributed by atoms with Crippen LogP contribution in [0.4, 0.5) is 5.69 Å². The second-order valence-electron chi connectivity index (χ2n) is 4.11. The van der Waals surface area contributed by atoms with Gasteiger partial charge in [-0.2, -0.15) is 0 Å². The molecule has 0 radical (unpaired) electrons. The SMILES string of the molecule is COc1cccc(OC(C)c2ccc(N)cc2)c1. The van der Waals surface area contributed by atoms with E-state index in [1.54, 1.807) is 7.11 Å². The number of benzene rings is 2. The second kappa shape index (κ2) is 5.45. The van der Waals surface area contributed by atoms with Gasteiger partial charge in [-0.05, 0) is 36.8 Å². The average Bonchev–Trinajstić information content (AvgIpc) is 2.39. The highest BCUT2D eigenvalue weighted by molar-refractivity contribution is 5.40. The number of hydrogen-bond acceptors (Lipinski definition) is 3. The van der Waals surface area contributed by atoms with Gasteiger partial charge in [-0.1, -0.05) is 18.2 Å². The summed E-state index contributed by atoms with van der Waals surface area (Å²) in [6, 6.07) is 15.3. The lowest BCUT2D eigenvalue weighted by Gasteiger charge is -2.15. The number of nitrogen functional groups attached to an aromatic ring is 1. The first-order chi connectivity index (χ1) is 8.69. The molecule has 18 heavy (non-hydrogen) atoms. The zero-order valence-electron chi connectivity index (χ0n) is 10.6. The minimum absolute atomic E-state index is 0.0299. The van der Waals surface area contributed by atoms with Gasteiger partial charge in [0, 0.05) is 11.8 Å². The van der Waals surface area contributed by atoms with Gasteiger partial charge >= 0.3 is 0 Å². The van der Waals surface area contributed by atoms with E-state index in [2.05, 4.69) is 0 Å². The van der Waals surface area contributed by atoms with Crippen LogP contribution in [0.2, 0.25) is 0 Å². The van der Waals surface area contributed by atoms with Gasteiger partial charge in [0.05, 0.1) is 7.11 Å². The molecule has 0 fully saturated rings. The molecule has 3 nitrogen and oxygen atoms in total. The van der Waals surface area contributed by atoms with Crippen LogP contribution in [-0.4, -0.2) is 7.11 Å². The summed E-state index contributed by atoms with van der Waals surface area (Å²) in [6.07, 6.45) is -0.0299. The molecule has 94 valence electrons. The molecule has 0 heterocycles. The van der Waals surface area contributed by atoms with Crippen LogP contribution in [0, 0.1) is 0 Å². The van der Waals surface area contributed by atoms with E-state index in [0.29, 0.717) is 0 Å². The average molecular weight is 243 g/mol. The molecule has 0 bridgehead atoms. The smallest absolute Gasteiger partial charge is 0.123 e. The lowest BCUT2D eigenvalue weighted by atomic mass is 10.1. The van der Waals surface area contributed by atoms with E-state index in [-0.39, 0.29) is 6.10 Å². The summed E-state index contributed by atoms with van der Waals surface area (Å²) in [5.74, 6) is 1.58. The van der Waals surface area contributed by atoms with Crippen molar-refractivity contribution in [1.29, 1.82) is 0 Å². The van der Waals surface area contributed by atoms with Crippen molar-refractivity contribution in [1.82, 2.24) is 0 Å². The quantitative estimate of drug-likeness (QED) is 0.837. The van der Waals surface area contributed by atoms with Crippen LogP contribution in [0.1, 0.15) is 18.6 Å². The van der Waals surface area contributed by atoms with Crippen molar-refractivity contribution in [2.75, 3.05) is 12.8 Å². The second-order valence-corrected chi connectivity index (χ2v) is 4.11. The fourth-order valence-electron chi connectivity index (χ4n) is 1.71. The Morgan fingerprint density at radius 1 is 1.00 bits per heavy atom. The summed E-state index contributed by atoms with van der Waals surface area (Å²) in [5.41, 5.74) is 7.51. The van der Waals surface area contributed by atoms with Crippen molar-refractivity contribution >= 4 is 5.69 Å².